The van der Waals surface area contributed by atoms with E-state index < -0.39 is 10.0 Å². The zero-order valence-electron chi connectivity index (χ0n) is 17.0. The fourth-order valence-corrected chi connectivity index (χ4v) is 4.51. The van der Waals surface area contributed by atoms with Crippen LogP contribution in [0.5, 0.6) is 0 Å². The van der Waals surface area contributed by atoms with Crippen molar-refractivity contribution in [2.24, 2.45) is 0 Å². The van der Waals surface area contributed by atoms with Crippen molar-refractivity contribution in [2.45, 2.75) is 19.8 Å². The third kappa shape index (κ3) is 5.12. The number of nitrogens with one attached hydrogen (secondary N) is 2. The Bertz CT molecular complexity index is 1340. The number of carbonyl (C=O) groups is 1. The van der Waals surface area contributed by atoms with Crippen molar-refractivity contribution in [3.8, 4) is 11.3 Å². The number of aromatic nitrogens is 1. The van der Waals surface area contributed by atoms with E-state index in [1.54, 1.807) is 30.5 Å². The molecule has 2 aromatic carbocycles. The number of rotatable bonds is 7. The molecule has 0 saturated heterocycles. The summed E-state index contributed by atoms with van der Waals surface area (Å²) in [5.41, 5.74) is 4.81. The number of hydrogen-bond acceptors (Lipinski definition) is 6. The first-order valence-electron chi connectivity index (χ1n) is 9.63. The summed E-state index contributed by atoms with van der Waals surface area (Å²) in [5, 5.41) is 6.12. The molecule has 9 heteroatoms. The molecule has 0 atom stereocenters. The molecule has 2 N–H and O–H groups in total. The van der Waals surface area contributed by atoms with Crippen LogP contribution in [0.4, 0.5) is 10.8 Å². The highest BCUT2D eigenvalue weighted by Crippen LogP contribution is 2.27. The monoisotopic (exact) mass is 455 g/mol. The van der Waals surface area contributed by atoms with E-state index in [2.05, 4.69) is 21.9 Å². The second-order valence-electron chi connectivity index (χ2n) is 7.16. The van der Waals surface area contributed by atoms with Gasteiger partial charge in [-0.2, -0.15) is 0 Å². The largest absolute Gasteiger partial charge is 0.464 e. The highest BCUT2D eigenvalue weighted by molar-refractivity contribution is 7.92. The van der Waals surface area contributed by atoms with E-state index in [-0.39, 0.29) is 12.3 Å². The highest BCUT2D eigenvalue weighted by Gasteiger charge is 2.13. The maximum Gasteiger partial charge on any atom is 0.230 e. The first-order valence-corrected chi connectivity index (χ1v) is 12.4. The van der Waals surface area contributed by atoms with Crippen molar-refractivity contribution in [3.05, 3.63) is 65.2 Å². The maximum absolute atomic E-state index is 12.5. The summed E-state index contributed by atoms with van der Waals surface area (Å²) in [6.07, 6.45) is 3.85. The van der Waals surface area contributed by atoms with Gasteiger partial charge in [0.2, 0.25) is 15.9 Å². The Morgan fingerprint density at radius 3 is 2.65 bits per heavy atom. The van der Waals surface area contributed by atoms with Gasteiger partial charge in [-0.25, -0.2) is 13.4 Å². The summed E-state index contributed by atoms with van der Waals surface area (Å²) in [6, 6.07) is 12.9. The normalized spacial score (nSPS) is 11.5. The van der Waals surface area contributed by atoms with Crippen LogP contribution in [-0.4, -0.2) is 25.6 Å². The predicted octanol–water partition coefficient (Wildman–Crippen LogP) is 4.67. The number of nitrogens with zero attached hydrogens (tertiary/aromatic N) is 1. The summed E-state index contributed by atoms with van der Waals surface area (Å²) in [7, 11) is -3.32. The van der Waals surface area contributed by atoms with E-state index in [4.69, 9.17) is 4.42 Å². The molecule has 2 aromatic heterocycles. The third-order valence-corrected chi connectivity index (χ3v) is 6.08. The van der Waals surface area contributed by atoms with E-state index >= 15 is 0 Å². The molecule has 31 heavy (non-hydrogen) atoms. The smallest absolute Gasteiger partial charge is 0.230 e. The summed E-state index contributed by atoms with van der Waals surface area (Å²) < 4.78 is 30.6. The van der Waals surface area contributed by atoms with Crippen LogP contribution >= 0.6 is 11.3 Å². The van der Waals surface area contributed by atoms with E-state index in [1.165, 1.54) is 16.9 Å². The molecule has 0 spiro atoms. The number of sulfonamides is 1. The molecule has 4 rings (SSSR count). The molecule has 0 aliphatic heterocycles. The summed E-state index contributed by atoms with van der Waals surface area (Å²) in [5.74, 6) is -0.170. The SMILES string of the molecule is CCc1ccc2c(CC(=O)Nc3nc(-c4ccc(NS(C)(=O)=O)cc4)cs3)coc2c1. The second kappa shape index (κ2) is 8.52. The number of thiazole rings is 1. The van der Waals surface area contributed by atoms with Crippen LogP contribution in [0.25, 0.3) is 22.2 Å². The van der Waals surface area contributed by atoms with Gasteiger partial charge >= 0.3 is 0 Å². The lowest BCUT2D eigenvalue weighted by Gasteiger charge is -2.04. The molecule has 0 unspecified atom stereocenters. The Morgan fingerprint density at radius 1 is 1.16 bits per heavy atom. The first-order chi connectivity index (χ1) is 14.8. The molecule has 0 aliphatic carbocycles. The van der Waals surface area contributed by atoms with Gasteiger partial charge in [-0.1, -0.05) is 31.2 Å². The molecule has 0 fully saturated rings. The van der Waals surface area contributed by atoms with Crippen LogP contribution in [0, 0.1) is 0 Å². The molecule has 0 aliphatic rings. The van der Waals surface area contributed by atoms with E-state index in [9.17, 15) is 13.2 Å². The van der Waals surface area contributed by atoms with Crippen molar-refractivity contribution in [2.75, 3.05) is 16.3 Å². The lowest BCUT2D eigenvalue weighted by atomic mass is 10.1. The Kier molecular flexibility index (Phi) is 5.79. The number of anilines is 2. The second-order valence-corrected chi connectivity index (χ2v) is 9.77. The van der Waals surface area contributed by atoms with Gasteiger partial charge in [-0.05, 0) is 30.2 Å². The number of fused-ring (bicyclic) bond motifs is 1. The van der Waals surface area contributed by atoms with Crippen LogP contribution in [0.1, 0.15) is 18.1 Å². The maximum atomic E-state index is 12.5. The van der Waals surface area contributed by atoms with Crippen molar-refractivity contribution in [3.63, 3.8) is 0 Å². The number of aryl methyl sites for hydroxylation is 1. The quantitative estimate of drug-likeness (QED) is 0.422. The molecule has 0 bridgehead atoms. The van der Waals surface area contributed by atoms with Gasteiger partial charge in [-0.15, -0.1) is 11.3 Å². The van der Waals surface area contributed by atoms with E-state index in [0.29, 0.717) is 16.5 Å². The van der Waals surface area contributed by atoms with E-state index in [1.807, 2.05) is 23.6 Å². The number of amides is 1. The zero-order chi connectivity index (χ0) is 22.0. The fourth-order valence-electron chi connectivity index (χ4n) is 3.21. The molecule has 0 radical (unpaired) electrons. The van der Waals surface area contributed by atoms with Crippen molar-refractivity contribution < 1.29 is 17.6 Å². The summed E-state index contributed by atoms with van der Waals surface area (Å²) in [4.78, 5) is 17.0. The number of benzene rings is 2. The predicted molar refractivity (Wildman–Crippen MR) is 124 cm³/mol. The van der Waals surface area contributed by atoms with Crippen molar-refractivity contribution in [1.29, 1.82) is 0 Å². The highest BCUT2D eigenvalue weighted by atomic mass is 32.2. The van der Waals surface area contributed by atoms with Crippen LogP contribution in [0.15, 0.2) is 58.5 Å². The van der Waals surface area contributed by atoms with Gasteiger partial charge in [-0.3, -0.25) is 9.52 Å². The average molecular weight is 456 g/mol. The van der Waals surface area contributed by atoms with Gasteiger partial charge in [0.15, 0.2) is 5.13 Å². The topological polar surface area (TPSA) is 101 Å². The lowest BCUT2D eigenvalue weighted by Crippen LogP contribution is -2.13. The Labute approximate surface area is 184 Å². The number of carbonyl (C=O) groups excluding carboxylic acids is 1. The third-order valence-electron chi connectivity index (χ3n) is 4.71. The van der Waals surface area contributed by atoms with Gasteiger partial charge in [0.1, 0.15) is 5.58 Å². The Balaban J connectivity index is 1.42. The zero-order valence-corrected chi connectivity index (χ0v) is 18.6. The van der Waals surface area contributed by atoms with Gasteiger partial charge in [0, 0.05) is 27.6 Å². The summed E-state index contributed by atoms with van der Waals surface area (Å²) in [6.45, 7) is 2.08. The number of hydrogen-bond donors (Lipinski definition) is 2. The van der Waals surface area contributed by atoms with Crippen LogP contribution in [0.3, 0.4) is 0 Å². The van der Waals surface area contributed by atoms with Crippen molar-refractivity contribution in [1.82, 2.24) is 4.98 Å². The lowest BCUT2D eigenvalue weighted by molar-refractivity contribution is -0.115. The molecule has 0 saturated carbocycles. The minimum atomic E-state index is -3.32. The standard InChI is InChI=1S/C22H21N3O4S2/c1-3-14-4-9-18-16(12-29-20(18)10-14)11-21(26)24-22-23-19(13-30-22)15-5-7-17(8-6-15)25-31(2,27)28/h4-10,12-13,25H,3,11H2,1-2H3,(H,23,24,26). The fraction of sp³-hybridized carbons (Fsp3) is 0.182. The van der Waals surface area contributed by atoms with Gasteiger partial charge in [0.05, 0.1) is 24.6 Å². The molecule has 160 valence electrons. The minimum absolute atomic E-state index is 0.170. The summed E-state index contributed by atoms with van der Waals surface area (Å²) >= 11 is 1.33. The van der Waals surface area contributed by atoms with Gasteiger partial charge < -0.3 is 9.73 Å². The first kappa shape index (κ1) is 21.1. The molecule has 7 nitrogen and oxygen atoms in total. The van der Waals surface area contributed by atoms with Crippen LogP contribution in [0.2, 0.25) is 0 Å². The molecular formula is C22H21N3O4S2. The molecule has 4 aromatic rings. The number of furan rings is 1. The average Bonchev–Trinajstić information content (AvgIpc) is 3.34. The minimum Gasteiger partial charge on any atom is -0.464 e. The Hall–Kier alpha value is -3.17. The van der Waals surface area contributed by atoms with Crippen LogP contribution < -0.4 is 10.0 Å². The van der Waals surface area contributed by atoms with E-state index in [0.717, 1.165) is 34.8 Å². The van der Waals surface area contributed by atoms with Crippen LogP contribution in [-0.2, 0) is 27.7 Å². The Morgan fingerprint density at radius 2 is 1.94 bits per heavy atom. The van der Waals surface area contributed by atoms with Crippen molar-refractivity contribution >= 4 is 49.1 Å². The van der Waals surface area contributed by atoms with Gasteiger partial charge in [0.25, 0.3) is 0 Å². The molecule has 2 heterocycles. The molecular weight excluding hydrogens is 434 g/mol. The molecule has 1 amide bonds.